The molecule has 0 aromatic heterocycles. The van der Waals surface area contributed by atoms with E-state index in [9.17, 15) is 14.4 Å². The number of carbonyl (C=O) groups excluding carboxylic acids is 3. The number of hydrogen-bond donors (Lipinski definition) is 0. The van der Waals surface area contributed by atoms with Crippen molar-refractivity contribution in [1.29, 1.82) is 0 Å². The van der Waals surface area contributed by atoms with Crippen LogP contribution >= 0.6 is 0 Å². The van der Waals surface area contributed by atoms with Gasteiger partial charge >= 0.3 is 11.9 Å². The summed E-state index contributed by atoms with van der Waals surface area (Å²) in [5, 5.41) is 0. The lowest BCUT2D eigenvalue weighted by molar-refractivity contribution is -0.132. The summed E-state index contributed by atoms with van der Waals surface area (Å²) in [4.78, 5) is 35.1. The molecule has 22 heavy (non-hydrogen) atoms. The Bertz CT molecular complexity index is 663. The molecule has 2 unspecified atom stereocenters. The molecule has 1 saturated carbocycles. The number of esters is 2. The first kappa shape index (κ1) is 14.6. The number of ether oxygens (including phenoxy) is 3. The van der Waals surface area contributed by atoms with Crippen LogP contribution < -0.4 is 14.2 Å². The molecule has 1 heterocycles. The molecule has 116 valence electrons. The summed E-state index contributed by atoms with van der Waals surface area (Å²) in [5.41, 5.74) is 0.259. The van der Waals surface area contributed by atoms with Gasteiger partial charge in [-0.15, -0.1) is 0 Å². The summed E-state index contributed by atoms with van der Waals surface area (Å²) in [7, 11) is 0. The van der Waals surface area contributed by atoms with Crippen LogP contribution in [0.1, 0.15) is 43.5 Å². The van der Waals surface area contributed by atoms with Gasteiger partial charge in [-0.2, -0.15) is 0 Å². The van der Waals surface area contributed by atoms with Crippen molar-refractivity contribution in [2.24, 2.45) is 5.92 Å². The summed E-state index contributed by atoms with van der Waals surface area (Å²) < 4.78 is 16.0. The van der Waals surface area contributed by atoms with Gasteiger partial charge in [0.1, 0.15) is 28.9 Å². The number of ketones is 1. The van der Waals surface area contributed by atoms with Gasteiger partial charge in [-0.1, -0.05) is 0 Å². The zero-order valence-corrected chi connectivity index (χ0v) is 12.4. The van der Waals surface area contributed by atoms with Crippen molar-refractivity contribution in [1.82, 2.24) is 0 Å². The van der Waals surface area contributed by atoms with Crippen molar-refractivity contribution in [3.05, 3.63) is 17.7 Å². The minimum atomic E-state index is -0.552. The molecule has 1 fully saturated rings. The lowest BCUT2D eigenvalue weighted by Crippen LogP contribution is -2.34. The third-order valence-electron chi connectivity index (χ3n) is 3.87. The highest BCUT2D eigenvalue weighted by molar-refractivity contribution is 6.05. The Morgan fingerprint density at radius 2 is 1.86 bits per heavy atom. The maximum absolute atomic E-state index is 12.7. The quantitative estimate of drug-likeness (QED) is 0.616. The average molecular weight is 304 g/mol. The summed E-state index contributed by atoms with van der Waals surface area (Å²) in [6.45, 7) is 2.52. The minimum Gasteiger partial charge on any atom is -0.489 e. The van der Waals surface area contributed by atoms with Crippen molar-refractivity contribution in [3.8, 4) is 17.2 Å². The fraction of sp³-hybridized carbons (Fsp3) is 0.438. The molecule has 3 rings (SSSR count). The van der Waals surface area contributed by atoms with E-state index in [2.05, 4.69) is 0 Å². The molecule has 0 bridgehead atoms. The molecule has 6 heteroatoms. The van der Waals surface area contributed by atoms with E-state index in [4.69, 9.17) is 14.2 Å². The second-order valence-electron chi connectivity index (χ2n) is 5.54. The Hall–Kier alpha value is -2.37. The van der Waals surface area contributed by atoms with Gasteiger partial charge in [0.15, 0.2) is 5.78 Å². The third kappa shape index (κ3) is 2.56. The molecule has 2 atom stereocenters. The van der Waals surface area contributed by atoms with Crippen LogP contribution in [0.15, 0.2) is 12.1 Å². The minimum absolute atomic E-state index is 0.0747. The van der Waals surface area contributed by atoms with E-state index in [0.717, 1.165) is 19.3 Å². The summed E-state index contributed by atoms with van der Waals surface area (Å²) in [6.07, 6.45) is 2.36. The van der Waals surface area contributed by atoms with Gasteiger partial charge in [0.05, 0.1) is 5.92 Å². The van der Waals surface area contributed by atoms with E-state index in [-0.39, 0.29) is 34.9 Å². The first-order valence-corrected chi connectivity index (χ1v) is 7.21. The number of benzene rings is 1. The first-order chi connectivity index (χ1) is 10.5. The van der Waals surface area contributed by atoms with Crippen LogP contribution in [0.2, 0.25) is 0 Å². The first-order valence-electron chi connectivity index (χ1n) is 7.21. The zero-order chi connectivity index (χ0) is 15.9. The van der Waals surface area contributed by atoms with Gasteiger partial charge in [0, 0.05) is 26.0 Å². The van der Waals surface area contributed by atoms with Crippen molar-refractivity contribution in [2.75, 3.05) is 0 Å². The molecule has 0 saturated heterocycles. The van der Waals surface area contributed by atoms with Crippen molar-refractivity contribution < 1.29 is 28.6 Å². The predicted octanol–water partition coefficient (Wildman–Crippen LogP) is 2.28. The normalized spacial score (nSPS) is 22.4. The Kier molecular flexibility index (Phi) is 3.60. The van der Waals surface area contributed by atoms with E-state index >= 15 is 0 Å². The summed E-state index contributed by atoms with van der Waals surface area (Å²) in [6, 6.07) is 2.87. The Balaban J connectivity index is 2.08. The van der Waals surface area contributed by atoms with Gasteiger partial charge in [0.25, 0.3) is 0 Å². The third-order valence-corrected chi connectivity index (χ3v) is 3.87. The summed E-state index contributed by atoms with van der Waals surface area (Å²) in [5.74, 6) is -0.750. The second-order valence-corrected chi connectivity index (χ2v) is 5.54. The SMILES string of the molecule is CC(=O)Oc1cc(OC(C)=O)c2c(c1)OC1CCCC1C2=O. The van der Waals surface area contributed by atoms with E-state index in [1.807, 2.05) is 0 Å². The fourth-order valence-electron chi connectivity index (χ4n) is 3.08. The molecule has 6 nitrogen and oxygen atoms in total. The van der Waals surface area contributed by atoms with Crippen molar-refractivity contribution in [2.45, 2.75) is 39.2 Å². The van der Waals surface area contributed by atoms with Crippen molar-refractivity contribution >= 4 is 17.7 Å². The number of fused-ring (bicyclic) bond motifs is 2. The van der Waals surface area contributed by atoms with Crippen LogP contribution in [0.4, 0.5) is 0 Å². The standard InChI is InChI=1S/C16H16O6/c1-8(17)20-10-6-13(21-9(2)18)15-14(7-10)22-12-5-3-4-11(12)16(15)19/h6-7,11-12H,3-5H2,1-2H3. The van der Waals surface area contributed by atoms with Gasteiger partial charge in [-0.25, -0.2) is 0 Å². The lowest BCUT2D eigenvalue weighted by Gasteiger charge is -2.28. The second kappa shape index (κ2) is 5.44. The largest absolute Gasteiger partial charge is 0.489 e. The monoisotopic (exact) mass is 304 g/mol. The topological polar surface area (TPSA) is 78.9 Å². The smallest absolute Gasteiger partial charge is 0.308 e. The molecule has 0 radical (unpaired) electrons. The summed E-state index contributed by atoms with van der Waals surface area (Å²) >= 11 is 0. The van der Waals surface area contributed by atoms with Gasteiger partial charge in [-0.05, 0) is 19.3 Å². The number of carbonyl (C=O) groups is 3. The number of rotatable bonds is 2. The number of hydrogen-bond acceptors (Lipinski definition) is 6. The van der Waals surface area contributed by atoms with Gasteiger partial charge < -0.3 is 14.2 Å². The maximum atomic E-state index is 12.7. The molecule has 1 aromatic rings. The maximum Gasteiger partial charge on any atom is 0.308 e. The van der Waals surface area contributed by atoms with Crippen LogP contribution in [0.3, 0.4) is 0 Å². The van der Waals surface area contributed by atoms with Crippen LogP contribution in [0.25, 0.3) is 0 Å². The molecular formula is C16H16O6. The molecule has 2 aliphatic rings. The molecule has 0 N–H and O–H groups in total. The predicted molar refractivity (Wildman–Crippen MR) is 75.1 cm³/mol. The molecule has 1 aromatic carbocycles. The highest BCUT2D eigenvalue weighted by atomic mass is 16.5. The average Bonchev–Trinajstić information content (AvgIpc) is 2.85. The van der Waals surface area contributed by atoms with E-state index in [1.165, 1.54) is 26.0 Å². The van der Waals surface area contributed by atoms with Gasteiger partial charge in [-0.3, -0.25) is 14.4 Å². The van der Waals surface area contributed by atoms with Crippen LogP contribution in [-0.2, 0) is 9.59 Å². The highest BCUT2D eigenvalue weighted by Crippen LogP contribution is 2.45. The van der Waals surface area contributed by atoms with Crippen LogP contribution in [-0.4, -0.2) is 23.8 Å². The van der Waals surface area contributed by atoms with E-state index < -0.39 is 11.9 Å². The lowest BCUT2D eigenvalue weighted by atomic mass is 9.90. The molecule has 0 spiro atoms. The fourth-order valence-corrected chi connectivity index (χ4v) is 3.08. The molecule has 0 amide bonds. The highest BCUT2D eigenvalue weighted by Gasteiger charge is 2.42. The molecular weight excluding hydrogens is 288 g/mol. The van der Waals surface area contributed by atoms with Gasteiger partial charge in [0.2, 0.25) is 0 Å². The molecule has 1 aliphatic carbocycles. The number of Topliss-reactive ketones (excluding diaryl/α,β-unsaturated/α-hetero) is 1. The van der Waals surface area contributed by atoms with Crippen LogP contribution in [0.5, 0.6) is 17.2 Å². The van der Waals surface area contributed by atoms with E-state index in [1.54, 1.807) is 0 Å². The van der Waals surface area contributed by atoms with Crippen LogP contribution in [0, 0.1) is 5.92 Å². The van der Waals surface area contributed by atoms with Crippen molar-refractivity contribution in [3.63, 3.8) is 0 Å². The Morgan fingerprint density at radius 3 is 2.55 bits per heavy atom. The van der Waals surface area contributed by atoms with E-state index in [0.29, 0.717) is 5.75 Å². The zero-order valence-electron chi connectivity index (χ0n) is 12.4. The molecule has 1 aliphatic heterocycles. The Morgan fingerprint density at radius 1 is 1.14 bits per heavy atom. The Labute approximate surface area is 127 Å².